The average Bonchev–Trinajstić information content (AvgIpc) is 3.53. The molecule has 0 radical (unpaired) electrons. The number of H-pyrrole nitrogens is 1. The highest BCUT2D eigenvalue weighted by atomic mass is 31.2. The highest BCUT2D eigenvalue weighted by Crippen LogP contribution is 2.46. The second-order valence-electron chi connectivity index (χ2n) is 12.1. The number of aliphatic hydroxyl groups is 1. The fraction of sp³-hybridized carbons (Fsp3) is 0.692. The van der Waals surface area contributed by atoms with E-state index in [1.54, 1.807) is 41.5 Å². The van der Waals surface area contributed by atoms with Crippen LogP contribution in [-0.2, 0) is 53.4 Å². The molecule has 4 atom stereocenters. The number of carbonyl (C=O) groups is 2. The summed E-state index contributed by atoms with van der Waals surface area (Å²) in [6, 6.07) is 1.12. The number of nitrogens with zero attached hydrogens (tertiary/aromatic N) is 4. The minimum absolute atomic E-state index is 0.0633. The lowest BCUT2D eigenvalue weighted by molar-refractivity contribution is -0.161. The molecular weight excluding hydrogens is 621 g/mol. The Balaban J connectivity index is 1.80. The standard InChI is InChI=1S/C26H40N5O13P/c1-25(2,3)22(34)40-14-42-45(37,43-15-41-23(35)26(4,5)6)18-13-30(29-28-18)12-16-19(33)20(39-11-10-38-7)21(44-16)31-9-8-17(32)27-24(31)36/h8-9,13,16,19-21,33H,10-12,14-15H2,1-7H3,(H,27,32,36)/t16-,19?,20?,21?/m1/s1. The molecule has 1 aliphatic rings. The van der Waals surface area contributed by atoms with Gasteiger partial charge in [0, 0.05) is 19.4 Å². The van der Waals surface area contributed by atoms with Crippen LogP contribution in [0.4, 0.5) is 0 Å². The molecule has 2 aromatic heterocycles. The van der Waals surface area contributed by atoms with Crippen molar-refractivity contribution >= 4 is 25.0 Å². The maximum absolute atomic E-state index is 13.8. The van der Waals surface area contributed by atoms with E-state index in [9.17, 15) is 28.8 Å². The number of aliphatic hydroxyl groups excluding tert-OH is 1. The van der Waals surface area contributed by atoms with E-state index in [4.69, 9.17) is 32.7 Å². The summed E-state index contributed by atoms with van der Waals surface area (Å²) in [7, 11) is -2.93. The zero-order valence-electron chi connectivity index (χ0n) is 26.2. The molecule has 0 aromatic carbocycles. The fourth-order valence-electron chi connectivity index (χ4n) is 3.76. The Morgan fingerprint density at radius 3 is 2.18 bits per heavy atom. The largest absolute Gasteiger partial charge is 0.438 e. The minimum atomic E-state index is -4.40. The van der Waals surface area contributed by atoms with Crippen molar-refractivity contribution in [2.75, 3.05) is 33.9 Å². The smallest absolute Gasteiger partial charge is 0.388 e. The zero-order chi connectivity index (χ0) is 33.6. The Morgan fingerprint density at radius 1 is 1.04 bits per heavy atom. The minimum Gasteiger partial charge on any atom is -0.438 e. The quantitative estimate of drug-likeness (QED) is 0.118. The topological polar surface area (TPSA) is 222 Å². The first-order valence-electron chi connectivity index (χ1n) is 13.9. The first kappa shape index (κ1) is 36.2. The average molecular weight is 662 g/mol. The lowest BCUT2D eigenvalue weighted by atomic mass is 9.98. The summed E-state index contributed by atoms with van der Waals surface area (Å²) in [6.07, 6.45) is -2.12. The van der Waals surface area contributed by atoms with Gasteiger partial charge in [-0.1, -0.05) is 5.21 Å². The van der Waals surface area contributed by atoms with Crippen molar-refractivity contribution in [1.29, 1.82) is 0 Å². The van der Waals surface area contributed by atoms with Crippen molar-refractivity contribution in [3.8, 4) is 0 Å². The zero-order valence-corrected chi connectivity index (χ0v) is 27.1. The van der Waals surface area contributed by atoms with Crippen LogP contribution >= 0.6 is 7.60 Å². The summed E-state index contributed by atoms with van der Waals surface area (Å²) in [5.41, 5.74) is -3.46. The molecule has 19 heteroatoms. The molecule has 0 saturated carbocycles. The number of esters is 2. The van der Waals surface area contributed by atoms with Crippen molar-refractivity contribution in [2.24, 2.45) is 10.8 Å². The van der Waals surface area contributed by atoms with Gasteiger partial charge >= 0.3 is 25.2 Å². The van der Waals surface area contributed by atoms with E-state index >= 15 is 0 Å². The molecule has 2 N–H and O–H groups in total. The van der Waals surface area contributed by atoms with E-state index in [0.717, 1.165) is 10.6 Å². The van der Waals surface area contributed by atoms with Gasteiger partial charge in [0.25, 0.3) is 5.56 Å². The lowest BCUT2D eigenvalue weighted by Crippen LogP contribution is -2.39. The second-order valence-corrected chi connectivity index (χ2v) is 14.0. The molecule has 0 amide bonds. The Hall–Kier alpha value is -3.25. The third kappa shape index (κ3) is 9.62. The molecule has 0 spiro atoms. The number of aromatic amines is 1. The molecule has 0 aliphatic carbocycles. The van der Waals surface area contributed by atoms with Crippen molar-refractivity contribution < 1.29 is 52.0 Å². The van der Waals surface area contributed by atoms with Crippen LogP contribution in [-0.4, -0.2) is 93.8 Å². The summed E-state index contributed by atoms with van der Waals surface area (Å²) >= 11 is 0. The molecule has 18 nitrogen and oxygen atoms in total. The molecule has 3 rings (SSSR count). The number of nitrogens with one attached hydrogen (secondary N) is 1. The Bertz CT molecular complexity index is 1440. The number of ether oxygens (including phenoxy) is 5. The predicted octanol–water partition coefficient (Wildman–Crippen LogP) is 0.0634. The first-order valence-corrected chi connectivity index (χ1v) is 15.4. The van der Waals surface area contributed by atoms with Gasteiger partial charge in [0.2, 0.25) is 13.6 Å². The number of hydrogen-bond donors (Lipinski definition) is 2. The van der Waals surface area contributed by atoms with Crippen LogP contribution in [0.25, 0.3) is 0 Å². The van der Waals surface area contributed by atoms with Crippen LogP contribution in [0.1, 0.15) is 47.8 Å². The van der Waals surface area contributed by atoms with Crippen LogP contribution in [0.15, 0.2) is 28.0 Å². The maximum atomic E-state index is 13.8. The first-order chi connectivity index (χ1) is 21.0. The van der Waals surface area contributed by atoms with Gasteiger partial charge in [-0.2, -0.15) is 0 Å². The summed E-state index contributed by atoms with van der Waals surface area (Å²) in [4.78, 5) is 50.5. The van der Waals surface area contributed by atoms with Gasteiger partial charge in [-0.05, 0) is 41.5 Å². The van der Waals surface area contributed by atoms with Crippen LogP contribution in [0.2, 0.25) is 0 Å². The molecular formula is C26H40N5O13P. The molecule has 1 fully saturated rings. The molecule has 45 heavy (non-hydrogen) atoms. The Kier molecular flexibility index (Phi) is 12.0. The molecule has 1 aliphatic heterocycles. The SMILES string of the molecule is COCCOC1C(O)[C@@H](Cn2cc(P(=O)(OCOC(=O)C(C)(C)C)OCOC(=O)C(C)(C)C)nn2)OC1n1ccc(=O)[nH]c1=O. The van der Waals surface area contributed by atoms with Crippen LogP contribution in [0.5, 0.6) is 0 Å². The maximum Gasteiger partial charge on any atom is 0.388 e. The molecule has 3 heterocycles. The summed E-state index contributed by atoms with van der Waals surface area (Å²) < 4.78 is 53.5. The summed E-state index contributed by atoms with van der Waals surface area (Å²) in [6.45, 7) is 8.25. The number of methoxy groups -OCH3 is 1. The van der Waals surface area contributed by atoms with E-state index in [2.05, 4.69) is 15.3 Å². The lowest BCUT2D eigenvalue weighted by Gasteiger charge is -2.22. The summed E-state index contributed by atoms with van der Waals surface area (Å²) in [5.74, 6) is -1.27. The molecule has 0 bridgehead atoms. The number of hydrogen-bond acceptors (Lipinski definition) is 15. The van der Waals surface area contributed by atoms with Gasteiger partial charge in [0.15, 0.2) is 11.7 Å². The molecule has 1 saturated heterocycles. The van der Waals surface area contributed by atoms with Crippen molar-refractivity contribution in [1.82, 2.24) is 24.5 Å². The highest BCUT2D eigenvalue weighted by molar-refractivity contribution is 7.61. The third-order valence-corrected chi connectivity index (χ3v) is 7.92. The van der Waals surface area contributed by atoms with E-state index in [1.165, 1.54) is 24.2 Å². The van der Waals surface area contributed by atoms with E-state index in [1.807, 2.05) is 0 Å². The van der Waals surface area contributed by atoms with Gasteiger partial charge in [0.1, 0.15) is 18.3 Å². The van der Waals surface area contributed by atoms with E-state index < -0.39 is 79.7 Å². The van der Waals surface area contributed by atoms with Gasteiger partial charge < -0.3 is 28.8 Å². The van der Waals surface area contributed by atoms with Crippen molar-refractivity contribution in [2.45, 2.75) is 72.6 Å². The number of rotatable bonds is 14. The highest BCUT2D eigenvalue weighted by Gasteiger charge is 2.46. The predicted molar refractivity (Wildman–Crippen MR) is 153 cm³/mol. The van der Waals surface area contributed by atoms with Crippen LogP contribution < -0.4 is 16.7 Å². The molecule has 252 valence electrons. The monoisotopic (exact) mass is 661 g/mol. The normalized spacial score (nSPS) is 20.7. The van der Waals surface area contributed by atoms with E-state index in [-0.39, 0.29) is 25.2 Å². The van der Waals surface area contributed by atoms with Gasteiger partial charge in [-0.25, -0.2) is 9.48 Å². The number of aromatic nitrogens is 5. The van der Waals surface area contributed by atoms with E-state index in [0.29, 0.717) is 0 Å². The van der Waals surface area contributed by atoms with Crippen LogP contribution in [0.3, 0.4) is 0 Å². The Morgan fingerprint density at radius 2 is 1.64 bits per heavy atom. The van der Waals surface area contributed by atoms with Gasteiger partial charge in [0.05, 0.1) is 36.8 Å². The van der Waals surface area contributed by atoms with Crippen LogP contribution in [0, 0.1) is 10.8 Å². The fourth-order valence-corrected chi connectivity index (χ4v) is 4.90. The van der Waals surface area contributed by atoms with Gasteiger partial charge in [-0.3, -0.25) is 37.5 Å². The summed E-state index contributed by atoms with van der Waals surface area (Å²) in [5, 5.41) is 18.9. The Labute approximate surface area is 258 Å². The molecule has 3 unspecified atom stereocenters. The molecule has 2 aromatic rings. The second kappa shape index (κ2) is 14.9. The van der Waals surface area contributed by atoms with Gasteiger partial charge in [-0.15, -0.1) is 5.10 Å². The van der Waals surface area contributed by atoms with Crippen molar-refractivity contribution in [3.63, 3.8) is 0 Å². The van der Waals surface area contributed by atoms with Crippen molar-refractivity contribution in [3.05, 3.63) is 39.3 Å². The number of carbonyl (C=O) groups excluding carboxylic acids is 2. The third-order valence-electron chi connectivity index (χ3n) is 6.26.